The number of pyridine rings is 1. The van der Waals surface area contributed by atoms with Crippen molar-refractivity contribution < 1.29 is 14.3 Å². The molecule has 0 aliphatic carbocycles. The van der Waals surface area contributed by atoms with Crippen LogP contribution in [-0.2, 0) is 6.54 Å². The summed E-state index contributed by atoms with van der Waals surface area (Å²) in [5.74, 6) is 1.00. The molecule has 3 rings (SSSR count). The zero-order chi connectivity index (χ0) is 17.6. The van der Waals surface area contributed by atoms with Gasteiger partial charge in [-0.3, -0.25) is 14.9 Å². The minimum absolute atomic E-state index is 0.233. The van der Waals surface area contributed by atoms with Gasteiger partial charge in [-0.15, -0.1) is 0 Å². The quantitative estimate of drug-likeness (QED) is 0.720. The SMILES string of the molecule is COc1ccc(-c2cc(C(=O)NCc3cccnc3)[nH]n2)cc1OC. The number of hydrogen-bond acceptors (Lipinski definition) is 5. The molecule has 0 saturated heterocycles. The Balaban J connectivity index is 1.72. The Labute approximate surface area is 145 Å². The largest absolute Gasteiger partial charge is 0.493 e. The molecular formula is C18H18N4O3. The molecule has 2 aromatic heterocycles. The molecule has 25 heavy (non-hydrogen) atoms. The van der Waals surface area contributed by atoms with E-state index in [-0.39, 0.29) is 5.91 Å². The van der Waals surface area contributed by atoms with Gasteiger partial charge in [0, 0.05) is 24.5 Å². The van der Waals surface area contributed by atoms with E-state index in [4.69, 9.17) is 9.47 Å². The number of amides is 1. The predicted molar refractivity (Wildman–Crippen MR) is 92.5 cm³/mol. The Bertz CT molecular complexity index is 862. The van der Waals surface area contributed by atoms with Gasteiger partial charge < -0.3 is 14.8 Å². The average molecular weight is 338 g/mol. The summed E-state index contributed by atoms with van der Waals surface area (Å²) in [6.07, 6.45) is 3.40. The third kappa shape index (κ3) is 3.77. The number of carbonyl (C=O) groups excluding carboxylic acids is 1. The van der Waals surface area contributed by atoms with Crippen LogP contribution in [0.2, 0.25) is 0 Å². The summed E-state index contributed by atoms with van der Waals surface area (Å²) in [7, 11) is 3.15. The first-order valence-corrected chi connectivity index (χ1v) is 7.66. The van der Waals surface area contributed by atoms with E-state index in [0.29, 0.717) is 29.4 Å². The van der Waals surface area contributed by atoms with E-state index in [9.17, 15) is 4.79 Å². The van der Waals surface area contributed by atoms with Crippen molar-refractivity contribution in [1.29, 1.82) is 0 Å². The van der Waals surface area contributed by atoms with Crippen LogP contribution < -0.4 is 14.8 Å². The Kier molecular flexibility index (Phi) is 4.94. The summed E-state index contributed by atoms with van der Waals surface area (Å²) < 4.78 is 10.5. The molecule has 7 nitrogen and oxygen atoms in total. The molecule has 0 fully saturated rings. The Morgan fingerprint density at radius 1 is 1.16 bits per heavy atom. The van der Waals surface area contributed by atoms with Crippen molar-refractivity contribution in [2.24, 2.45) is 0 Å². The number of hydrogen-bond donors (Lipinski definition) is 2. The highest BCUT2D eigenvalue weighted by Crippen LogP contribution is 2.31. The maximum absolute atomic E-state index is 12.2. The summed E-state index contributed by atoms with van der Waals surface area (Å²) in [6, 6.07) is 10.9. The molecule has 0 aliphatic heterocycles. The molecule has 3 aromatic rings. The molecule has 0 spiro atoms. The van der Waals surface area contributed by atoms with Crippen LogP contribution in [-0.4, -0.2) is 35.3 Å². The number of H-pyrrole nitrogens is 1. The first kappa shape index (κ1) is 16.5. The number of aromatic nitrogens is 3. The highest BCUT2D eigenvalue weighted by Gasteiger charge is 2.13. The van der Waals surface area contributed by atoms with Gasteiger partial charge in [-0.25, -0.2) is 0 Å². The molecular weight excluding hydrogens is 320 g/mol. The normalized spacial score (nSPS) is 10.3. The van der Waals surface area contributed by atoms with Crippen molar-refractivity contribution in [3.05, 3.63) is 60.0 Å². The van der Waals surface area contributed by atoms with Crippen LogP contribution in [0.25, 0.3) is 11.3 Å². The lowest BCUT2D eigenvalue weighted by atomic mass is 10.1. The minimum atomic E-state index is -0.233. The molecule has 0 aliphatic rings. The molecule has 7 heteroatoms. The van der Waals surface area contributed by atoms with Gasteiger partial charge in [0.2, 0.25) is 0 Å². The number of ether oxygens (including phenoxy) is 2. The highest BCUT2D eigenvalue weighted by atomic mass is 16.5. The van der Waals surface area contributed by atoms with Crippen LogP contribution in [0.15, 0.2) is 48.8 Å². The van der Waals surface area contributed by atoms with E-state index in [1.807, 2.05) is 24.3 Å². The maximum Gasteiger partial charge on any atom is 0.269 e. The summed E-state index contributed by atoms with van der Waals surface area (Å²) in [5.41, 5.74) is 2.77. The van der Waals surface area contributed by atoms with Gasteiger partial charge >= 0.3 is 0 Å². The number of methoxy groups -OCH3 is 2. The maximum atomic E-state index is 12.2. The van der Waals surface area contributed by atoms with Gasteiger partial charge in [-0.2, -0.15) is 5.10 Å². The van der Waals surface area contributed by atoms with Gasteiger partial charge in [-0.1, -0.05) is 6.07 Å². The van der Waals surface area contributed by atoms with Gasteiger partial charge in [0.1, 0.15) is 5.69 Å². The van der Waals surface area contributed by atoms with Crippen molar-refractivity contribution in [3.63, 3.8) is 0 Å². The molecule has 0 radical (unpaired) electrons. The number of rotatable bonds is 6. The van der Waals surface area contributed by atoms with Gasteiger partial charge in [-0.05, 0) is 35.9 Å². The van der Waals surface area contributed by atoms with Crippen LogP contribution in [0.5, 0.6) is 11.5 Å². The van der Waals surface area contributed by atoms with E-state index in [1.54, 1.807) is 38.7 Å². The van der Waals surface area contributed by atoms with E-state index in [1.165, 1.54) is 0 Å². The second-order valence-electron chi connectivity index (χ2n) is 5.28. The van der Waals surface area contributed by atoms with Crippen molar-refractivity contribution >= 4 is 5.91 Å². The van der Waals surface area contributed by atoms with Crippen molar-refractivity contribution in [3.8, 4) is 22.8 Å². The molecule has 1 aromatic carbocycles. The molecule has 2 N–H and O–H groups in total. The second kappa shape index (κ2) is 7.48. The Morgan fingerprint density at radius 2 is 2.00 bits per heavy atom. The van der Waals surface area contributed by atoms with Crippen LogP contribution in [0.1, 0.15) is 16.1 Å². The summed E-state index contributed by atoms with van der Waals surface area (Å²) >= 11 is 0. The molecule has 0 atom stereocenters. The number of aromatic amines is 1. The fourth-order valence-electron chi connectivity index (χ4n) is 2.36. The monoisotopic (exact) mass is 338 g/mol. The standard InChI is InChI=1S/C18H18N4O3/c1-24-16-6-5-13(8-17(16)25-2)14-9-15(22-21-14)18(23)20-11-12-4-3-7-19-10-12/h3-10H,11H2,1-2H3,(H,20,23)(H,21,22). The second-order valence-corrected chi connectivity index (χ2v) is 5.28. The van der Waals surface area contributed by atoms with Gasteiger partial charge in [0.25, 0.3) is 5.91 Å². The van der Waals surface area contributed by atoms with Crippen LogP contribution >= 0.6 is 0 Å². The Hall–Kier alpha value is -3.35. The first-order valence-electron chi connectivity index (χ1n) is 7.66. The fourth-order valence-corrected chi connectivity index (χ4v) is 2.36. The number of nitrogens with one attached hydrogen (secondary N) is 2. The molecule has 0 bridgehead atoms. The van der Waals surface area contributed by atoms with Crippen molar-refractivity contribution in [2.75, 3.05) is 14.2 Å². The van der Waals surface area contributed by atoms with Crippen molar-refractivity contribution in [1.82, 2.24) is 20.5 Å². The fraction of sp³-hybridized carbons (Fsp3) is 0.167. The number of nitrogens with zero attached hydrogens (tertiary/aromatic N) is 2. The van der Waals surface area contributed by atoms with E-state index < -0.39 is 0 Å². The van der Waals surface area contributed by atoms with Crippen molar-refractivity contribution in [2.45, 2.75) is 6.54 Å². The van der Waals surface area contributed by atoms with E-state index >= 15 is 0 Å². The van der Waals surface area contributed by atoms with Gasteiger partial charge in [0.15, 0.2) is 11.5 Å². The lowest BCUT2D eigenvalue weighted by molar-refractivity contribution is 0.0946. The third-order valence-electron chi connectivity index (χ3n) is 3.68. The lowest BCUT2D eigenvalue weighted by Crippen LogP contribution is -2.23. The Morgan fingerprint density at radius 3 is 2.72 bits per heavy atom. The number of benzene rings is 1. The zero-order valence-electron chi connectivity index (χ0n) is 13.9. The van der Waals surface area contributed by atoms with E-state index in [0.717, 1.165) is 11.1 Å². The smallest absolute Gasteiger partial charge is 0.269 e. The van der Waals surface area contributed by atoms with E-state index in [2.05, 4.69) is 20.5 Å². The molecule has 0 unspecified atom stereocenters. The molecule has 0 saturated carbocycles. The average Bonchev–Trinajstić information content (AvgIpc) is 3.16. The number of carbonyl (C=O) groups is 1. The van der Waals surface area contributed by atoms with Gasteiger partial charge in [0.05, 0.1) is 19.9 Å². The summed E-state index contributed by atoms with van der Waals surface area (Å²) in [5, 5.41) is 9.78. The van der Waals surface area contributed by atoms with Crippen LogP contribution in [0.4, 0.5) is 0 Å². The molecule has 128 valence electrons. The molecule has 2 heterocycles. The molecule has 1 amide bonds. The minimum Gasteiger partial charge on any atom is -0.493 e. The van der Waals surface area contributed by atoms with Crippen LogP contribution in [0.3, 0.4) is 0 Å². The summed E-state index contributed by atoms with van der Waals surface area (Å²) in [6.45, 7) is 0.400. The third-order valence-corrected chi connectivity index (χ3v) is 3.68. The zero-order valence-corrected chi connectivity index (χ0v) is 13.9. The van der Waals surface area contributed by atoms with Crippen LogP contribution in [0, 0.1) is 0 Å². The topological polar surface area (TPSA) is 89.1 Å². The lowest BCUT2D eigenvalue weighted by Gasteiger charge is -2.08. The summed E-state index contributed by atoms with van der Waals surface area (Å²) in [4.78, 5) is 16.3. The highest BCUT2D eigenvalue weighted by molar-refractivity contribution is 5.93. The first-order chi connectivity index (χ1) is 12.2. The predicted octanol–water partition coefficient (Wildman–Crippen LogP) is 2.42.